The van der Waals surface area contributed by atoms with Gasteiger partial charge in [-0.2, -0.15) is 10.2 Å². The number of aromatic nitrogens is 2. The van der Waals surface area contributed by atoms with E-state index in [9.17, 15) is 0 Å². The van der Waals surface area contributed by atoms with E-state index in [1.54, 1.807) is 0 Å². The summed E-state index contributed by atoms with van der Waals surface area (Å²) in [6.07, 6.45) is 3.81. The minimum absolute atomic E-state index is 0.897. The number of anilines is 1. The van der Waals surface area contributed by atoms with Crippen LogP contribution in [-0.2, 0) is 0 Å². The quantitative estimate of drug-likeness (QED) is 0.391. The standard InChI is InChI=1S/C23H20N4/c1-18-12-14-21(15-13-18)25-24-16-20-17-27(22-10-6-3-7-11-22)26-23(20)19-8-4-2-5-9-19/h2-17,25H,1H3/b24-16+. The zero-order chi connectivity index (χ0) is 18.5. The molecule has 0 amide bonds. The fourth-order valence-electron chi connectivity index (χ4n) is 2.82. The van der Waals surface area contributed by atoms with E-state index in [1.165, 1.54) is 5.56 Å². The summed E-state index contributed by atoms with van der Waals surface area (Å²) in [5.74, 6) is 0. The van der Waals surface area contributed by atoms with Crippen molar-refractivity contribution in [1.29, 1.82) is 0 Å². The Hall–Kier alpha value is -3.66. The van der Waals surface area contributed by atoms with Crippen LogP contribution in [0, 0.1) is 6.92 Å². The predicted molar refractivity (Wildman–Crippen MR) is 111 cm³/mol. The summed E-state index contributed by atoms with van der Waals surface area (Å²) in [6, 6.07) is 28.4. The van der Waals surface area contributed by atoms with Crippen molar-refractivity contribution in [1.82, 2.24) is 9.78 Å². The van der Waals surface area contributed by atoms with Crippen molar-refractivity contribution < 1.29 is 0 Å². The lowest BCUT2D eigenvalue weighted by Crippen LogP contribution is -1.93. The highest BCUT2D eigenvalue weighted by atomic mass is 15.3. The number of nitrogens with one attached hydrogen (secondary N) is 1. The molecule has 1 N–H and O–H groups in total. The molecule has 0 saturated heterocycles. The first kappa shape index (κ1) is 16.8. The Morgan fingerprint density at radius 2 is 1.52 bits per heavy atom. The lowest BCUT2D eigenvalue weighted by Gasteiger charge is -2.01. The van der Waals surface area contributed by atoms with Crippen LogP contribution in [0.5, 0.6) is 0 Å². The van der Waals surface area contributed by atoms with Crippen molar-refractivity contribution in [3.8, 4) is 16.9 Å². The molecule has 0 aliphatic rings. The number of hydrogen-bond donors (Lipinski definition) is 1. The molecule has 4 nitrogen and oxygen atoms in total. The highest BCUT2D eigenvalue weighted by molar-refractivity contribution is 5.89. The van der Waals surface area contributed by atoms with Gasteiger partial charge in [0.25, 0.3) is 0 Å². The fourth-order valence-corrected chi connectivity index (χ4v) is 2.82. The molecule has 27 heavy (non-hydrogen) atoms. The monoisotopic (exact) mass is 352 g/mol. The molecular formula is C23H20N4. The Bertz CT molecular complexity index is 1030. The van der Waals surface area contributed by atoms with Gasteiger partial charge in [-0.25, -0.2) is 4.68 Å². The van der Waals surface area contributed by atoms with Crippen molar-refractivity contribution >= 4 is 11.9 Å². The maximum atomic E-state index is 4.79. The van der Waals surface area contributed by atoms with Crippen LogP contribution in [0.1, 0.15) is 11.1 Å². The van der Waals surface area contributed by atoms with E-state index in [2.05, 4.69) is 41.7 Å². The van der Waals surface area contributed by atoms with Crippen molar-refractivity contribution in [2.24, 2.45) is 5.10 Å². The number of hydrazone groups is 1. The second-order valence-corrected chi connectivity index (χ2v) is 6.32. The number of rotatable bonds is 5. The molecule has 132 valence electrons. The van der Waals surface area contributed by atoms with Crippen LogP contribution in [0.2, 0.25) is 0 Å². The molecule has 4 heteroatoms. The van der Waals surface area contributed by atoms with E-state index in [4.69, 9.17) is 5.10 Å². The lowest BCUT2D eigenvalue weighted by molar-refractivity contribution is 0.884. The molecule has 0 unspecified atom stereocenters. The SMILES string of the molecule is Cc1ccc(N/N=C/c2cn(-c3ccccc3)nc2-c2ccccc2)cc1. The number of nitrogens with zero attached hydrogens (tertiary/aromatic N) is 3. The van der Waals surface area contributed by atoms with E-state index in [0.29, 0.717) is 0 Å². The summed E-state index contributed by atoms with van der Waals surface area (Å²) in [5.41, 5.74) is 9.17. The Morgan fingerprint density at radius 3 is 2.22 bits per heavy atom. The van der Waals surface area contributed by atoms with Crippen molar-refractivity contribution in [2.45, 2.75) is 6.92 Å². The lowest BCUT2D eigenvalue weighted by atomic mass is 10.1. The normalized spacial score (nSPS) is 11.0. The van der Waals surface area contributed by atoms with Crippen LogP contribution in [0.25, 0.3) is 16.9 Å². The van der Waals surface area contributed by atoms with Crippen LogP contribution in [0.4, 0.5) is 5.69 Å². The van der Waals surface area contributed by atoms with E-state index in [-0.39, 0.29) is 0 Å². The molecule has 0 atom stereocenters. The van der Waals surface area contributed by atoms with Gasteiger partial charge < -0.3 is 0 Å². The zero-order valence-electron chi connectivity index (χ0n) is 15.1. The van der Waals surface area contributed by atoms with Crippen molar-refractivity contribution in [3.63, 3.8) is 0 Å². The van der Waals surface area contributed by atoms with E-state index < -0.39 is 0 Å². The molecule has 0 aliphatic heterocycles. The topological polar surface area (TPSA) is 42.2 Å². The summed E-state index contributed by atoms with van der Waals surface area (Å²) < 4.78 is 1.88. The molecule has 0 bridgehead atoms. The van der Waals surface area contributed by atoms with Gasteiger partial charge in [0, 0.05) is 17.3 Å². The number of hydrogen-bond acceptors (Lipinski definition) is 3. The van der Waals surface area contributed by atoms with Gasteiger partial charge in [0.2, 0.25) is 0 Å². The van der Waals surface area contributed by atoms with E-state index in [1.807, 2.05) is 77.8 Å². The van der Waals surface area contributed by atoms with Gasteiger partial charge in [-0.05, 0) is 31.2 Å². The van der Waals surface area contributed by atoms with E-state index in [0.717, 1.165) is 28.2 Å². The molecule has 0 saturated carbocycles. The van der Waals surface area contributed by atoms with Gasteiger partial charge >= 0.3 is 0 Å². The Morgan fingerprint density at radius 1 is 0.852 bits per heavy atom. The molecule has 0 spiro atoms. The molecule has 4 rings (SSSR count). The summed E-state index contributed by atoms with van der Waals surface area (Å²) in [7, 11) is 0. The van der Waals surface area contributed by atoms with Gasteiger partial charge in [0.1, 0.15) is 5.69 Å². The van der Waals surface area contributed by atoms with Crippen molar-refractivity contribution in [3.05, 3.63) is 102 Å². The minimum atomic E-state index is 0.897. The largest absolute Gasteiger partial charge is 0.279 e. The Balaban J connectivity index is 1.66. The smallest absolute Gasteiger partial charge is 0.102 e. The third-order valence-electron chi connectivity index (χ3n) is 4.26. The first-order valence-electron chi connectivity index (χ1n) is 8.86. The summed E-state index contributed by atoms with van der Waals surface area (Å²) in [4.78, 5) is 0. The third kappa shape index (κ3) is 3.96. The fraction of sp³-hybridized carbons (Fsp3) is 0.0435. The maximum Gasteiger partial charge on any atom is 0.102 e. The highest BCUT2D eigenvalue weighted by Crippen LogP contribution is 2.22. The number of aryl methyl sites for hydroxylation is 1. The zero-order valence-corrected chi connectivity index (χ0v) is 15.1. The number of benzene rings is 3. The Labute approximate surface area is 158 Å². The average molecular weight is 352 g/mol. The summed E-state index contributed by atoms with van der Waals surface area (Å²) in [6.45, 7) is 2.07. The molecule has 0 aliphatic carbocycles. The van der Waals surface area contributed by atoms with Gasteiger partial charge in [0.05, 0.1) is 17.6 Å². The number of para-hydroxylation sites is 1. The summed E-state index contributed by atoms with van der Waals surface area (Å²) in [5, 5.41) is 9.19. The van der Waals surface area contributed by atoms with Crippen LogP contribution >= 0.6 is 0 Å². The summed E-state index contributed by atoms with van der Waals surface area (Å²) >= 11 is 0. The minimum Gasteiger partial charge on any atom is -0.279 e. The molecule has 1 heterocycles. The average Bonchev–Trinajstić information content (AvgIpc) is 3.15. The van der Waals surface area contributed by atoms with Gasteiger partial charge in [-0.3, -0.25) is 5.43 Å². The second kappa shape index (κ2) is 7.70. The highest BCUT2D eigenvalue weighted by Gasteiger charge is 2.10. The molecule has 0 radical (unpaired) electrons. The predicted octanol–water partition coefficient (Wildman–Crippen LogP) is 5.29. The van der Waals surface area contributed by atoms with Crippen LogP contribution in [0.15, 0.2) is 96.2 Å². The third-order valence-corrected chi connectivity index (χ3v) is 4.26. The van der Waals surface area contributed by atoms with Gasteiger partial charge in [-0.15, -0.1) is 0 Å². The van der Waals surface area contributed by atoms with Crippen molar-refractivity contribution in [2.75, 3.05) is 5.43 Å². The molecule has 1 aromatic heterocycles. The van der Waals surface area contributed by atoms with E-state index >= 15 is 0 Å². The molecule has 3 aromatic carbocycles. The Kier molecular flexibility index (Phi) is 4.79. The van der Waals surface area contributed by atoms with Gasteiger partial charge in [0.15, 0.2) is 0 Å². The second-order valence-electron chi connectivity index (χ2n) is 6.32. The molecule has 4 aromatic rings. The van der Waals surface area contributed by atoms with Crippen LogP contribution in [-0.4, -0.2) is 16.0 Å². The first-order valence-corrected chi connectivity index (χ1v) is 8.86. The van der Waals surface area contributed by atoms with Crippen LogP contribution in [0.3, 0.4) is 0 Å². The first-order chi connectivity index (χ1) is 13.3. The maximum absolute atomic E-state index is 4.79. The van der Waals surface area contributed by atoms with Crippen LogP contribution < -0.4 is 5.43 Å². The molecular weight excluding hydrogens is 332 g/mol. The van der Waals surface area contributed by atoms with Gasteiger partial charge in [-0.1, -0.05) is 66.2 Å². The molecule has 0 fully saturated rings.